The van der Waals surface area contributed by atoms with Gasteiger partial charge in [-0.2, -0.15) is 0 Å². The lowest BCUT2D eigenvalue weighted by Crippen LogP contribution is -2.44. The van der Waals surface area contributed by atoms with Gasteiger partial charge in [0, 0.05) is 0 Å². The van der Waals surface area contributed by atoms with E-state index < -0.39 is 28.6 Å². The largest absolute Gasteiger partial charge is 0.478 e. The van der Waals surface area contributed by atoms with Crippen LogP contribution in [0.25, 0.3) is 0 Å². The Morgan fingerprint density at radius 2 is 0.429 bits per heavy atom. The van der Waals surface area contributed by atoms with Crippen LogP contribution in [0.5, 0.6) is 0 Å². The summed E-state index contributed by atoms with van der Waals surface area (Å²) in [5.74, 6) is -2.22. The molecular formula is C71H84N2O4. The van der Waals surface area contributed by atoms with Crippen LogP contribution in [0.3, 0.4) is 0 Å². The van der Waals surface area contributed by atoms with Gasteiger partial charge in [-0.05, 0) is 111 Å². The van der Waals surface area contributed by atoms with Gasteiger partial charge in [0.05, 0.1) is 11.4 Å². The minimum Gasteiger partial charge on any atom is -0.478 e. The number of carbonyl (C=O) groups excluding carboxylic acids is 2. The number of amides is 2. The molecule has 6 nitrogen and oxygen atoms in total. The van der Waals surface area contributed by atoms with Crippen LogP contribution in [0.15, 0.2) is 164 Å². The average molecular weight is 1030 g/mol. The van der Waals surface area contributed by atoms with Crippen molar-refractivity contribution in [1.82, 2.24) is 0 Å². The number of rotatable bonds is 11. The van der Waals surface area contributed by atoms with Crippen LogP contribution >= 0.6 is 0 Å². The first-order valence-electron chi connectivity index (χ1n) is 27.3. The minimum atomic E-state index is -1.48. The van der Waals surface area contributed by atoms with Crippen molar-refractivity contribution >= 4 is 29.2 Å². The van der Waals surface area contributed by atoms with Crippen LogP contribution < -0.4 is 10.6 Å². The van der Waals surface area contributed by atoms with Crippen LogP contribution in [0, 0.1) is 0 Å². The number of carboxylic acids is 1. The minimum absolute atomic E-state index is 0.0396. The lowest BCUT2D eigenvalue weighted by atomic mass is 9.67. The fourth-order valence-electron chi connectivity index (χ4n) is 10.5. The van der Waals surface area contributed by atoms with Gasteiger partial charge in [0.15, 0.2) is 0 Å². The Hall–Kier alpha value is -7.05. The number of carbonyl (C=O) groups is 3. The molecule has 0 saturated carbocycles. The number of nitrogens with one attached hydrogen (secondary N) is 2. The molecule has 7 aromatic carbocycles. The lowest BCUT2D eigenvalue weighted by Gasteiger charge is -2.36. The smallest absolute Gasteiger partial charge is 0.339 e. The van der Waals surface area contributed by atoms with E-state index in [-0.39, 0.29) is 49.4 Å². The zero-order valence-corrected chi connectivity index (χ0v) is 49.3. The molecule has 7 aromatic rings. The summed E-state index contributed by atoms with van der Waals surface area (Å²) in [6.07, 6.45) is 0. The van der Waals surface area contributed by atoms with E-state index in [2.05, 4.69) is 208 Å². The summed E-state index contributed by atoms with van der Waals surface area (Å²) in [5.41, 5.74) is 6.84. The van der Waals surface area contributed by atoms with Gasteiger partial charge < -0.3 is 15.7 Å². The second kappa shape index (κ2) is 20.7. The van der Waals surface area contributed by atoms with Gasteiger partial charge >= 0.3 is 5.97 Å². The van der Waals surface area contributed by atoms with Gasteiger partial charge in [-0.1, -0.05) is 276 Å². The summed E-state index contributed by atoms with van der Waals surface area (Å²) in [4.78, 5) is 46.4. The first-order valence-corrected chi connectivity index (χ1v) is 27.3. The maximum Gasteiger partial charge on any atom is 0.339 e. The standard InChI is InChI=1S/C71H84N2O4/c1-64(2,3)46-22-34-52(35-23-46)70(53-36-24-47(25-37-53)65(4,5)6,54-38-26-48(27-39-54)66(7,8)9)62(76)72-58-20-19-21-59(60(58)61(74)75)73-63(77)71(55-40-28-49(29-41-55)67(10,11)12,56-42-30-50(31-43-56)68(13,14)15)57-44-32-51(33-45-57)69(16,17)18/h19-45H,1-18H3,(H,72,76)(H,73,77)(H,74,75). The second-order valence-electron chi connectivity index (χ2n) is 27.4. The Balaban J connectivity index is 1.46. The lowest BCUT2D eigenvalue weighted by molar-refractivity contribution is -0.119. The van der Waals surface area contributed by atoms with Crippen molar-refractivity contribution in [3.63, 3.8) is 0 Å². The molecule has 0 aliphatic rings. The van der Waals surface area contributed by atoms with Crippen LogP contribution in [-0.4, -0.2) is 22.9 Å². The Morgan fingerprint density at radius 3 is 0.571 bits per heavy atom. The molecule has 2 amide bonds. The molecule has 0 saturated heterocycles. The summed E-state index contributed by atoms with van der Waals surface area (Å²) in [6, 6.07) is 54.2. The molecule has 0 spiro atoms. The SMILES string of the molecule is CC(C)(C)c1ccc(C(C(=O)Nc2cccc(NC(=O)C(c3ccc(C(C)(C)C)cc3)(c3ccc(C(C)(C)C)cc3)c3ccc(C(C)(C)C)cc3)c2C(=O)O)(c2ccc(C(C)(C)C)cc2)c2ccc(C(C)(C)C)cc2)cc1. The third-order valence-corrected chi connectivity index (χ3v) is 15.6. The molecule has 7 rings (SSSR count). The highest BCUT2D eigenvalue weighted by atomic mass is 16.4. The average Bonchev–Trinajstić information content (AvgIpc) is 3.49. The molecule has 0 radical (unpaired) electrons. The molecule has 0 heterocycles. The van der Waals surface area contributed by atoms with Crippen molar-refractivity contribution in [3.8, 4) is 0 Å². The van der Waals surface area contributed by atoms with E-state index in [1.807, 2.05) is 72.8 Å². The van der Waals surface area contributed by atoms with Gasteiger partial charge in [-0.3, -0.25) is 9.59 Å². The zero-order valence-electron chi connectivity index (χ0n) is 49.3. The van der Waals surface area contributed by atoms with Crippen LogP contribution in [0.4, 0.5) is 11.4 Å². The third kappa shape index (κ3) is 11.6. The normalized spacial score (nSPS) is 13.0. The van der Waals surface area contributed by atoms with Gasteiger partial charge in [0.2, 0.25) is 11.8 Å². The predicted octanol–water partition coefficient (Wildman–Crippen LogP) is 17.1. The number of hydrogen-bond donors (Lipinski definition) is 3. The van der Waals surface area contributed by atoms with Crippen molar-refractivity contribution in [2.45, 2.75) is 168 Å². The Labute approximate surface area is 461 Å². The molecule has 0 atom stereocenters. The van der Waals surface area contributed by atoms with Crippen molar-refractivity contribution in [2.24, 2.45) is 0 Å². The first kappa shape index (κ1) is 57.7. The maximum atomic E-state index is 16.2. The fraction of sp³-hybridized carbons (Fsp3) is 0.366. The van der Waals surface area contributed by atoms with E-state index in [1.54, 1.807) is 18.2 Å². The molecule has 0 bridgehead atoms. The van der Waals surface area contributed by atoms with Crippen molar-refractivity contribution in [3.05, 3.63) is 236 Å². The van der Waals surface area contributed by atoms with E-state index in [0.717, 1.165) is 33.4 Å². The van der Waals surface area contributed by atoms with E-state index in [1.165, 1.54) is 0 Å². The molecule has 402 valence electrons. The van der Waals surface area contributed by atoms with E-state index in [9.17, 15) is 9.90 Å². The Kier molecular flexibility index (Phi) is 15.5. The highest BCUT2D eigenvalue weighted by Crippen LogP contribution is 2.46. The summed E-state index contributed by atoms with van der Waals surface area (Å²) in [6.45, 7) is 38.9. The summed E-state index contributed by atoms with van der Waals surface area (Å²) in [5, 5.41) is 17.8. The highest BCUT2D eigenvalue weighted by Gasteiger charge is 2.47. The van der Waals surface area contributed by atoms with E-state index >= 15 is 9.59 Å². The van der Waals surface area contributed by atoms with Crippen molar-refractivity contribution < 1.29 is 19.5 Å². The van der Waals surface area contributed by atoms with Crippen molar-refractivity contribution in [2.75, 3.05) is 10.6 Å². The van der Waals surface area contributed by atoms with E-state index in [4.69, 9.17) is 0 Å². The van der Waals surface area contributed by atoms with Crippen LogP contribution in [-0.2, 0) is 52.9 Å². The number of hydrogen-bond acceptors (Lipinski definition) is 3. The summed E-state index contributed by atoms with van der Waals surface area (Å²) >= 11 is 0. The first-order chi connectivity index (χ1) is 35.6. The van der Waals surface area contributed by atoms with Gasteiger partial charge in [-0.25, -0.2) is 4.79 Å². The quantitative estimate of drug-likeness (QED) is 0.113. The second-order valence-corrected chi connectivity index (χ2v) is 27.4. The Morgan fingerprint density at radius 1 is 0.273 bits per heavy atom. The molecule has 0 aliphatic heterocycles. The summed E-state index contributed by atoms with van der Waals surface area (Å²) < 4.78 is 0. The van der Waals surface area contributed by atoms with Crippen LogP contribution in [0.1, 0.15) is 202 Å². The molecule has 6 heteroatoms. The maximum absolute atomic E-state index is 16.2. The molecule has 3 N–H and O–H groups in total. The molecular weight excluding hydrogens is 945 g/mol. The van der Waals surface area contributed by atoms with Gasteiger partial charge in [-0.15, -0.1) is 0 Å². The number of carboxylic acid groups (broad SMARTS) is 1. The topological polar surface area (TPSA) is 95.5 Å². The van der Waals surface area contributed by atoms with E-state index in [0.29, 0.717) is 33.4 Å². The number of aromatic carboxylic acids is 1. The van der Waals surface area contributed by atoms with Gasteiger partial charge in [0.1, 0.15) is 16.4 Å². The van der Waals surface area contributed by atoms with Crippen LogP contribution in [0.2, 0.25) is 0 Å². The third-order valence-electron chi connectivity index (χ3n) is 15.6. The predicted molar refractivity (Wildman–Crippen MR) is 321 cm³/mol. The van der Waals surface area contributed by atoms with Gasteiger partial charge in [0.25, 0.3) is 0 Å². The Bertz CT molecular complexity index is 2740. The zero-order chi connectivity index (χ0) is 56.9. The summed E-state index contributed by atoms with van der Waals surface area (Å²) in [7, 11) is 0. The number of anilines is 2. The molecule has 0 aliphatic carbocycles. The highest BCUT2D eigenvalue weighted by molar-refractivity contribution is 6.13. The van der Waals surface area contributed by atoms with Crippen molar-refractivity contribution in [1.29, 1.82) is 0 Å². The molecule has 0 aromatic heterocycles. The fourth-order valence-corrected chi connectivity index (χ4v) is 10.5. The molecule has 0 fully saturated rings. The molecule has 0 unspecified atom stereocenters. The molecule has 77 heavy (non-hydrogen) atoms. The number of benzene rings is 7. The monoisotopic (exact) mass is 1030 g/mol.